The number of carbonyl (C=O) groups is 4. The Bertz CT molecular complexity index is 1080. The minimum absolute atomic E-state index is 0.0655. The van der Waals surface area contributed by atoms with Gasteiger partial charge in [0.15, 0.2) is 0 Å². The van der Waals surface area contributed by atoms with E-state index in [-0.39, 0.29) is 25.3 Å². The van der Waals surface area contributed by atoms with Gasteiger partial charge in [-0.15, -0.1) is 0 Å². The lowest BCUT2D eigenvalue weighted by atomic mass is 10.00. The van der Waals surface area contributed by atoms with Gasteiger partial charge in [0.1, 0.15) is 30.0 Å². The highest BCUT2D eigenvalue weighted by Crippen LogP contribution is 2.24. The number of ether oxygens (including phenoxy) is 2. The summed E-state index contributed by atoms with van der Waals surface area (Å²) in [5.74, 6) is -1.64. The summed E-state index contributed by atoms with van der Waals surface area (Å²) < 4.78 is 10.0. The second kappa shape index (κ2) is 14.0. The van der Waals surface area contributed by atoms with Crippen LogP contribution in [-0.2, 0) is 30.3 Å². The van der Waals surface area contributed by atoms with Gasteiger partial charge in [0, 0.05) is 13.0 Å². The number of nitrogens with one attached hydrogen (secondary N) is 2. The van der Waals surface area contributed by atoms with E-state index in [4.69, 9.17) is 4.74 Å². The van der Waals surface area contributed by atoms with Crippen LogP contribution in [0, 0.1) is 0 Å². The van der Waals surface area contributed by atoms with Crippen LogP contribution in [0.1, 0.15) is 51.3 Å². The average Bonchev–Trinajstić information content (AvgIpc) is 2.87. The second-order valence-electron chi connectivity index (χ2n) is 9.71. The van der Waals surface area contributed by atoms with E-state index in [2.05, 4.69) is 15.4 Å². The molecule has 0 aliphatic rings. The van der Waals surface area contributed by atoms with E-state index in [9.17, 15) is 24.3 Å². The van der Waals surface area contributed by atoms with Crippen molar-refractivity contribution >= 4 is 23.9 Å². The smallest absolute Gasteiger partial charge is 0.408 e. The molecule has 0 aliphatic heterocycles. The zero-order valence-electron chi connectivity index (χ0n) is 22.5. The molecule has 0 heterocycles. The van der Waals surface area contributed by atoms with Gasteiger partial charge in [-0.2, -0.15) is 0 Å². The molecule has 10 nitrogen and oxygen atoms in total. The number of methoxy groups -OCH3 is 1. The second-order valence-corrected chi connectivity index (χ2v) is 9.71. The zero-order chi connectivity index (χ0) is 28.3. The quantitative estimate of drug-likeness (QED) is 0.382. The molecule has 206 valence electrons. The minimum atomic E-state index is -1.08. The van der Waals surface area contributed by atoms with E-state index >= 15 is 0 Å². The fourth-order valence-electron chi connectivity index (χ4n) is 3.76. The van der Waals surface area contributed by atoms with Crippen molar-refractivity contribution in [3.8, 4) is 5.75 Å². The SMILES string of the molecule is CCCN(C(=O)C(Cc1ccc(O)cc1)NC(=O)OC(C)(C)C)C(C(=O)NCC(=O)OC)c1ccccc1. The minimum Gasteiger partial charge on any atom is -0.508 e. The Morgan fingerprint density at radius 3 is 2.18 bits per heavy atom. The molecule has 2 atom stereocenters. The van der Waals surface area contributed by atoms with Crippen LogP contribution in [0.2, 0.25) is 0 Å². The monoisotopic (exact) mass is 527 g/mol. The summed E-state index contributed by atoms with van der Waals surface area (Å²) in [7, 11) is 1.21. The summed E-state index contributed by atoms with van der Waals surface area (Å²) in [6.07, 6.45) is -0.167. The fourth-order valence-corrected chi connectivity index (χ4v) is 3.76. The van der Waals surface area contributed by atoms with Crippen molar-refractivity contribution < 1.29 is 33.8 Å². The summed E-state index contributed by atoms with van der Waals surface area (Å²) in [5, 5.41) is 14.9. The Balaban J connectivity index is 2.47. The number of carbonyl (C=O) groups excluding carboxylic acids is 4. The Hall–Kier alpha value is -4.08. The summed E-state index contributed by atoms with van der Waals surface area (Å²) >= 11 is 0. The number of benzene rings is 2. The van der Waals surface area contributed by atoms with Crippen molar-refractivity contribution in [2.45, 2.75) is 58.2 Å². The molecule has 0 aliphatic carbocycles. The predicted molar refractivity (Wildman–Crippen MR) is 141 cm³/mol. The number of nitrogens with zero attached hydrogens (tertiary/aromatic N) is 1. The number of esters is 1. The summed E-state index contributed by atoms with van der Waals surface area (Å²) in [6, 6.07) is 12.8. The molecule has 0 fully saturated rings. The molecule has 0 saturated heterocycles. The van der Waals surface area contributed by atoms with Crippen molar-refractivity contribution in [3.05, 3.63) is 65.7 Å². The first-order valence-corrected chi connectivity index (χ1v) is 12.4. The van der Waals surface area contributed by atoms with Gasteiger partial charge in [-0.25, -0.2) is 4.79 Å². The maximum atomic E-state index is 14.1. The van der Waals surface area contributed by atoms with Crippen LogP contribution in [0.15, 0.2) is 54.6 Å². The van der Waals surface area contributed by atoms with Gasteiger partial charge in [-0.1, -0.05) is 49.4 Å². The first-order valence-electron chi connectivity index (χ1n) is 12.4. The van der Waals surface area contributed by atoms with Gasteiger partial charge in [0.05, 0.1) is 7.11 Å². The maximum absolute atomic E-state index is 14.1. The molecule has 3 N–H and O–H groups in total. The first-order chi connectivity index (χ1) is 17.9. The predicted octanol–water partition coefficient (Wildman–Crippen LogP) is 3.10. The lowest BCUT2D eigenvalue weighted by Gasteiger charge is -2.34. The number of hydrogen-bond donors (Lipinski definition) is 3. The van der Waals surface area contributed by atoms with Crippen LogP contribution in [-0.4, -0.2) is 65.7 Å². The van der Waals surface area contributed by atoms with Crippen molar-refractivity contribution in [1.82, 2.24) is 15.5 Å². The van der Waals surface area contributed by atoms with Crippen LogP contribution in [0.3, 0.4) is 0 Å². The number of rotatable bonds is 11. The molecule has 2 aromatic rings. The lowest BCUT2D eigenvalue weighted by Crippen LogP contribution is -2.54. The number of hydrogen-bond acceptors (Lipinski definition) is 7. The average molecular weight is 528 g/mol. The highest BCUT2D eigenvalue weighted by Gasteiger charge is 2.36. The van der Waals surface area contributed by atoms with E-state index in [1.807, 2.05) is 6.92 Å². The molecule has 2 aromatic carbocycles. The van der Waals surface area contributed by atoms with E-state index < -0.39 is 41.6 Å². The number of phenols is 1. The van der Waals surface area contributed by atoms with Gasteiger partial charge >= 0.3 is 12.1 Å². The van der Waals surface area contributed by atoms with Gasteiger partial charge in [0.25, 0.3) is 0 Å². The van der Waals surface area contributed by atoms with Gasteiger partial charge < -0.3 is 30.1 Å². The van der Waals surface area contributed by atoms with E-state index in [0.29, 0.717) is 17.5 Å². The van der Waals surface area contributed by atoms with Crippen LogP contribution >= 0.6 is 0 Å². The third kappa shape index (κ3) is 9.42. The van der Waals surface area contributed by atoms with Gasteiger partial charge in [-0.05, 0) is 50.5 Å². The number of phenolic OH excluding ortho intramolecular Hbond substituents is 1. The molecule has 10 heteroatoms. The molecule has 0 saturated carbocycles. The molecule has 2 unspecified atom stereocenters. The zero-order valence-corrected chi connectivity index (χ0v) is 22.5. The lowest BCUT2D eigenvalue weighted by molar-refractivity contribution is -0.144. The van der Waals surface area contributed by atoms with Gasteiger partial charge in [0.2, 0.25) is 11.8 Å². The third-order valence-corrected chi connectivity index (χ3v) is 5.42. The Morgan fingerprint density at radius 2 is 1.63 bits per heavy atom. The van der Waals surface area contributed by atoms with Crippen LogP contribution in [0.5, 0.6) is 5.75 Å². The fraction of sp³-hybridized carbons (Fsp3) is 0.429. The summed E-state index contributed by atoms with van der Waals surface area (Å²) in [6.45, 7) is 6.84. The van der Waals surface area contributed by atoms with Crippen LogP contribution < -0.4 is 10.6 Å². The van der Waals surface area contributed by atoms with E-state index in [0.717, 1.165) is 0 Å². The van der Waals surface area contributed by atoms with E-state index in [1.165, 1.54) is 24.1 Å². The number of alkyl carbamates (subject to hydrolysis) is 1. The number of amides is 3. The standard InChI is InChI=1S/C28H37N3O7/c1-6-16-31(24(20-10-8-7-9-11-20)25(34)29-18-23(33)37-5)26(35)22(30-27(36)38-28(2,3)4)17-19-12-14-21(32)15-13-19/h7-15,22,24,32H,6,16-18H2,1-5H3,(H,29,34)(H,30,36). The summed E-state index contributed by atoms with van der Waals surface area (Å²) in [4.78, 5) is 53.2. The van der Waals surface area contributed by atoms with E-state index in [1.54, 1.807) is 63.2 Å². The molecule has 2 rings (SSSR count). The van der Waals surface area contributed by atoms with Crippen molar-refractivity contribution in [2.24, 2.45) is 0 Å². The number of aromatic hydroxyl groups is 1. The van der Waals surface area contributed by atoms with Crippen molar-refractivity contribution in [2.75, 3.05) is 20.2 Å². The Morgan fingerprint density at radius 1 is 1.00 bits per heavy atom. The third-order valence-electron chi connectivity index (χ3n) is 5.42. The molecule has 0 radical (unpaired) electrons. The molecule has 38 heavy (non-hydrogen) atoms. The Labute approximate surface area is 223 Å². The molecular weight excluding hydrogens is 490 g/mol. The van der Waals surface area contributed by atoms with Crippen molar-refractivity contribution in [1.29, 1.82) is 0 Å². The first kappa shape index (κ1) is 30.1. The van der Waals surface area contributed by atoms with Gasteiger partial charge in [-0.3, -0.25) is 14.4 Å². The van der Waals surface area contributed by atoms with Crippen molar-refractivity contribution in [3.63, 3.8) is 0 Å². The maximum Gasteiger partial charge on any atom is 0.408 e. The normalized spacial score (nSPS) is 12.6. The molecule has 3 amide bonds. The molecule has 0 spiro atoms. The molecular formula is C28H37N3O7. The highest BCUT2D eigenvalue weighted by molar-refractivity contribution is 5.93. The molecule has 0 aromatic heterocycles. The summed E-state index contributed by atoms with van der Waals surface area (Å²) in [5.41, 5.74) is 0.428. The van der Waals surface area contributed by atoms with Crippen LogP contribution in [0.25, 0.3) is 0 Å². The topological polar surface area (TPSA) is 134 Å². The Kier molecular flexibility index (Phi) is 11.1. The highest BCUT2D eigenvalue weighted by atomic mass is 16.6. The molecule has 0 bridgehead atoms. The largest absolute Gasteiger partial charge is 0.508 e. The van der Waals surface area contributed by atoms with Crippen LogP contribution in [0.4, 0.5) is 4.79 Å².